The Bertz CT molecular complexity index is 513. The van der Waals surface area contributed by atoms with Crippen molar-refractivity contribution < 1.29 is 0 Å². The number of hydrogen-bond donors (Lipinski definition) is 1. The van der Waals surface area contributed by atoms with Crippen molar-refractivity contribution in [3.05, 3.63) is 23.8 Å². The third-order valence-electron chi connectivity index (χ3n) is 4.21. The molecule has 0 amide bonds. The molecular weight excluding hydrogens is 266 g/mol. The number of hydrogen-bond acceptors (Lipinski definition) is 4. The highest BCUT2D eigenvalue weighted by Gasteiger charge is 2.33. The average molecular weight is 287 g/mol. The third-order valence-corrected chi connectivity index (χ3v) is 4.99. The van der Waals surface area contributed by atoms with E-state index in [1.165, 1.54) is 25.7 Å². The maximum absolute atomic E-state index is 9.54. The minimum atomic E-state index is 0.583. The quantitative estimate of drug-likeness (QED) is 0.845. The lowest BCUT2D eigenvalue weighted by molar-refractivity contribution is 0.578. The summed E-state index contributed by atoms with van der Waals surface area (Å²) in [5, 5.41) is 13.1. The molecule has 20 heavy (non-hydrogen) atoms. The maximum Gasteiger partial charge on any atom is 0.103 e. The number of benzene rings is 1. The van der Waals surface area contributed by atoms with Crippen molar-refractivity contribution in [2.75, 3.05) is 24.2 Å². The van der Waals surface area contributed by atoms with Crippen LogP contribution in [0.5, 0.6) is 0 Å². The molecule has 0 radical (unpaired) electrons. The monoisotopic (exact) mass is 287 g/mol. The molecule has 1 saturated carbocycles. The van der Waals surface area contributed by atoms with E-state index in [2.05, 4.69) is 28.4 Å². The Hall–Kier alpha value is -1.18. The minimum absolute atomic E-state index is 0.583. The van der Waals surface area contributed by atoms with E-state index in [4.69, 9.17) is 0 Å². The predicted molar refractivity (Wildman–Crippen MR) is 84.3 cm³/mol. The van der Waals surface area contributed by atoms with E-state index in [0.717, 1.165) is 29.2 Å². The number of thioether (sulfide) groups is 1. The van der Waals surface area contributed by atoms with E-state index in [1.807, 2.05) is 12.3 Å². The molecule has 4 heteroatoms. The fourth-order valence-electron chi connectivity index (χ4n) is 3.02. The molecule has 1 unspecified atom stereocenters. The van der Waals surface area contributed by atoms with Gasteiger partial charge in [0, 0.05) is 23.5 Å². The lowest BCUT2D eigenvalue weighted by atomic mass is 10.1. The average Bonchev–Trinajstić information content (AvgIpc) is 3.20. The number of nitrogens with zero attached hydrogens (tertiary/aromatic N) is 2. The lowest BCUT2D eigenvalue weighted by Gasteiger charge is -2.29. The number of nitriles is 1. The summed E-state index contributed by atoms with van der Waals surface area (Å²) in [6.45, 7) is 2.18. The Morgan fingerprint density at radius 2 is 2.25 bits per heavy atom. The van der Waals surface area contributed by atoms with Crippen molar-refractivity contribution in [3.8, 4) is 6.07 Å². The van der Waals surface area contributed by atoms with E-state index in [1.54, 1.807) is 11.8 Å². The standard InChI is InChI=1S/C16H21N3S/c1-20-16-6-2-5-15(14(16)10-17)19(13-7-8-13)11-12-4-3-9-18-12/h2,5-6,12-13,18H,3-4,7-9,11H2,1H3. The second-order valence-electron chi connectivity index (χ2n) is 5.64. The van der Waals surface area contributed by atoms with E-state index in [0.29, 0.717) is 12.1 Å². The molecule has 106 valence electrons. The molecular formula is C16H21N3S. The van der Waals surface area contributed by atoms with Gasteiger partial charge >= 0.3 is 0 Å². The Morgan fingerprint density at radius 1 is 1.40 bits per heavy atom. The first-order valence-corrected chi connectivity index (χ1v) is 8.63. The molecule has 1 heterocycles. The first-order chi connectivity index (χ1) is 9.83. The molecule has 2 fully saturated rings. The van der Waals surface area contributed by atoms with Crippen molar-refractivity contribution in [2.24, 2.45) is 0 Å². The van der Waals surface area contributed by atoms with Crippen LogP contribution in [-0.4, -0.2) is 31.4 Å². The van der Waals surface area contributed by atoms with Gasteiger partial charge in [0.25, 0.3) is 0 Å². The summed E-state index contributed by atoms with van der Waals surface area (Å²) in [6.07, 6.45) is 7.11. The molecule has 0 spiro atoms. The van der Waals surface area contributed by atoms with Crippen LogP contribution in [0.25, 0.3) is 0 Å². The molecule has 1 aliphatic carbocycles. The second kappa shape index (κ2) is 6.07. The van der Waals surface area contributed by atoms with Gasteiger partial charge in [-0.1, -0.05) is 6.07 Å². The molecule has 1 aromatic rings. The first-order valence-electron chi connectivity index (χ1n) is 7.40. The van der Waals surface area contributed by atoms with E-state index < -0.39 is 0 Å². The molecule has 1 N–H and O–H groups in total. The number of anilines is 1. The Kier molecular flexibility index (Phi) is 4.18. The van der Waals surface area contributed by atoms with Gasteiger partial charge in [0.05, 0.1) is 11.3 Å². The van der Waals surface area contributed by atoms with Gasteiger partial charge in [-0.15, -0.1) is 11.8 Å². The fraction of sp³-hybridized carbons (Fsp3) is 0.562. The van der Waals surface area contributed by atoms with Gasteiger partial charge in [-0.3, -0.25) is 0 Å². The summed E-state index contributed by atoms with van der Waals surface area (Å²) in [7, 11) is 0. The molecule has 1 aliphatic heterocycles. The highest BCUT2D eigenvalue weighted by atomic mass is 32.2. The number of nitrogens with one attached hydrogen (secondary N) is 1. The topological polar surface area (TPSA) is 39.1 Å². The molecule has 3 nitrogen and oxygen atoms in total. The van der Waals surface area contributed by atoms with E-state index in [-0.39, 0.29) is 0 Å². The highest BCUT2D eigenvalue weighted by molar-refractivity contribution is 7.98. The molecule has 3 rings (SSSR count). The van der Waals surface area contributed by atoms with Crippen molar-refractivity contribution in [1.29, 1.82) is 5.26 Å². The fourth-order valence-corrected chi connectivity index (χ4v) is 3.59. The summed E-state index contributed by atoms with van der Waals surface area (Å²) in [5.74, 6) is 0. The predicted octanol–water partition coefficient (Wildman–Crippen LogP) is 3.00. The smallest absolute Gasteiger partial charge is 0.103 e. The second-order valence-corrected chi connectivity index (χ2v) is 6.49. The van der Waals surface area contributed by atoms with E-state index >= 15 is 0 Å². The molecule has 0 bridgehead atoms. The lowest BCUT2D eigenvalue weighted by Crippen LogP contribution is -2.39. The number of rotatable bonds is 5. The van der Waals surface area contributed by atoms with Crippen LogP contribution in [0.3, 0.4) is 0 Å². The highest BCUT2D eigenvalue weighted by Crippen LogP contribution is 2.36. The summed E-state index contributed by atoms with van der Waals surface area (Å²) >= 11 is 1.66. The van der Waals surface area contributed by atoms with Gasteiger partial charge in [-0.25, -0.2) is 0 Å². The van der Waals surface area contributed by atoms with Crippen LogP contribution in [0.4, 0.5) is 5.69 Å². The van der Waals surface area contributed by atoms with Crippen LogP contribution in [0, 0.1) is 11.3 Å². The van der Waals surface area contributed by atoms with Crippen molar-refractivity contribution in [2.45, 2.75) is 42.7 Å². The molecule has 1 saturated heterocycles. The van der Waals surface area contributed by atoms with Crippen LogP contribution in [-0.2, 0) is 0 Å². The maximum atomic E-state index is 9.54. The molecule has 0 aromatic heterocycles. The van der Waals surface area contributed by atoms with Gasteiger partial charge in [-0.2, -0.15) is 5.26 Å². The zero-order valence-electron chi connectivity index (χ0n) is 11.9. The largest absolute Gasteiger partial charge is 0.366 e. The normalized spacial score (nSPS) is 21.7. The summed E-state index contributed by atoms with van der Waals surface area (Å²) in [6, 6.07) is 9.89. The van der Waals surface area contributed by atoms with Gasteiger partial charge in [0.1, 0.15) is 6.07 Å². The van der Waals surface area contributed by atoms with Crippen LogP contribution >= 0.6 is 11.8 Å². The first kappa shape index (κ1) is 13.8. The van der Waals surface area contributed by atoms with Crippen LogP contribution in [0.15, 0.2) is 23.1 Å². The van der Waals surface area contributed by atoms with Gasteiger partial charge in [0.15, 0.2) is 0 Å². The Morgan fingerprint density at radius 3 is 2.85 bits per heavy atom. The minimum Gasteiger partial charge on any atom is -0.366 e. The summed E-state index contributed by atoms with van der Waals surface area (Å²) < 4.78 is 0. The van der Waals surface area contributed by atoms with Crippen LogP contribution in [0.1, 0.15) is 31.2 Å². The SMILES string of the molecule is CSc1cccc(N(CC2CCCN2)C2CC2)c1C#N. The zero-order chi connectivity index (χ0) is 13.9. The summed E-state index contributed by atoms with van der Waals surface area (Å²) in [5.41, 5.74) is 1.99. The summed E-state index contributed by atoms with van der Waals surface area (Å²) in [4.78, 5) is 3.57. The van der Waals surface area contributed by atoms with Gasteiger partial charge < -0.3 is 10.2 Å². The van der Waals surface area contributed by atoms with Crippen molar-refractivity contribution in [3.63, 3.8) is 0 Å². The Labute approximate surface area is 125 Å². The zero-order valence-corrected chi connectivity index (χ0v) is 12.7. The Balaban J connectivity index is 1.89. The van der Waals surface area contributed by atoms with Crippen molar-refractivity contribution >= 4 is 17.4 Å². The van der Waals surface area contributed by atoms with Crippen LogP contribution in [0.2, 0.25) is 0 Å². The van der Waals surface area contributed by atoms with E-state index in [9.17, 15) is 5.26 Å². The molecule has 2 aliphatic rings. The third kappa shape index (κ3) is 2.79. The van der Waals surface area contributed by atoms with Gasteiger partial charge in [-0.05, 0) is 50.6 Å². The van der Waals surface area contributed by atoms with Crippen molar-refractivity contribution in [1.82, 2.24) is 5.32 Å². The van der Waals surface area contributed by atoms with Gasteiger partial charge in [0.2, 0.25) is 0 Å². The molecule has 1 aromatic carbocycles. The van der Waals surface area contributed by atoms with Crippen LogP contribution < -0.4 is 10.2 Å². The molecule has 1 atom stereocenters.